The van der Waals surface area contributed by atoms with Gasteiger partial charge in [0.05, 0.1) is 15.1 Å². The van der Waals surface area contributed by atoms with Gasteiger partial charge >= 0.3 is 0 Å². The van der Waals surface area contributed by atoms with Gasteiger partial charge in [0.1, 0.15) is 12.4 Å². The first-order valence-corrected chi connectivity index (χ1v) is 12.3. The van der Waals surface area contributed by atoms with Crippen LogP contribution in [-0.2, 0) is 16.4 Å². The van der Waals surface area contributed by atoms with Gasteiger partial charge < -0.3 is 4.74 Å². The summed E-state index contributed by atoms with van der Waals surface area (Å²) in [6.45, 7) is 0.365. The molecule has 0 atom stereocenters. The number of carbonyl (C=O) groups is 1. The number of benzene rings is 3. The quantitative estimate of drug-likeness (QED) is 0.417. The maximum atomic E-state index is 12.6. The number of ether oxygens (including phenoxy) is 1. The van der Waals surface area contributed by atoms with Crippen LogP contribution in [0.2, 0.25) is 5.02 Å². The van der Waals surface area contributed by atoms with Crippen LogP contribution in [0.1, 0.15) is 15.9 Å². The zero-order valence-electron chi connectivity index (χ0n) is 16.3. The second kappa shape index (κ2) is 8.66. The Labute approximate surface area is 188 Å². The number of hydrogen-bond acceptors (Lipinski definition) is 6. The van der Waals surface area contributed by atoms with E-state index in [1.807, 2.05) is 12.1 Å². The zero-order valence-corrected chi connectivity index (χ0v) is 18.7. The first-order valence-electron chi connectivity index (χ1n) is 9.17. The topological polar surface area (TPSA) is 85.4 Å². The summed E-state index contributed by atoms with van der Waals surface area (Å²) >= 11 is 7.08. The van der Waals surface area contributed by atoms with Crippen LogP contribution in [0.5, 0.6) is 5.75 Å². The molecule has 158 valence electrons. The second-order valence-electron chi connectivity index (χ2n) is 6.81. The van der Waals surface area contributed by atoms with E-state index >= 15 is 0 Å². The number of nitrogens with zero attached hydrogens (tertiary/aromatic N) is 1. The first kappa shape index (κ1) is 21.3. The predicted octanol–water partition coefficient (Wildman–Crippen LogP) is 5.18. The maximum absolute atomic E-state index is 12.6. The predicted molar refractivity (Wildman–Crippen MR) is 123 cm³/mol. The minimum absolute atomic E-state index is 0.220. The van der Waals surface area contributed by atoms with Crippen LogP contribution in [0.3, 0.4) is 0 Å². The van der Waals surface area contributed by atoms with E-state index in [0.717, 1.165) is 11.8 Å². The normalized spacial score (nSPS) is 11.4. The van der Waals surface area contributed by atoms with Crippen molar-refractivity contribution in [3.63, 3.8) is 0 Å². The SMILES string of the molecule is CS(=O)(=O)c1ccc2nc(NC(=O)c3ccc(COc4ccc(Cl)cc4)cc3)sc2c1. The number of carbonyl (C=O) groups excluding carboxylic acids is 1. The van der Waals surface area contributed by atoms with Crippen molar-refractivity contribution in [1.29, 1.82) is 0 Å². The fourth-order valence-corrected chi connectivity index (χ4v) is 4.56. The summed E-state index contributed by atoms with van der Waals surface area (Å²) in [6.07, 6.45) is 1.15. The summed E-state index contributed by atoms with van der Waals surface area (Å²) < 4.78 is 29.8. The highest BCUT2D eigenvalue weighted by atomic mass is 35.5. The summed E-state index contributed by atoms with van der Waals surface area (Å²) in [7, 11) is -3.30. The number of halogens is 1. The lowest BCUT2D eigenvalue weighted by Gasteiger charge is -2.07. The lowest BCUT2D eigenvalue weighted by molar-refractivity contribution is 0.102. The van der Waals surface area contributed by atoms with Crippen LogP contribution < -0.4 is 10.1 Å². The third-order valence-corrected chi connectivity index (χ3v) is 6.74. The van der Waals surface area contributed by atoms with Gasteiger partial charge in [0.15, 0.2) is 15.0 Å². The fraction of sp³-hybridized carbons (Fsp3) is 0.0909. The third-order valence-electron chi connectivity index (χ3n) is 4.44. The Kier molecular flexibility index (Phi) is 5.95. The largest absolute Gasteiger partial charge is 0.489 e. The Hall–Kier alpha value is -2.94. The van der Waals surface area contributed by atoms with Gasteiger partial charge in [-0.2, -0.15) is 0 Å². The Morgan fingerprint density at radius 1 is 1.06 bits per heavy atom. The lowest BCUT2D eigenvalue weighted by Crippen LogP contribution is -2.11. The number of rotatable bonds is 6. The average Bonchev–Trinajstić information content (AvgIpc) is 3.14. The summed E-state index contributed by atoms with van der Waals surface area (Å²) in [6, 6.07) is 18.9. The van der Waals surface area contributed by atoms with Gasteiger partial charge in [-0.3, -0.25) is 10.1 Å². The molecule has 0 radical (unpaired) electrons. The van der Waals surface area contributed by atoms with E-state index in [1.54, 1.807) is 48.5 Å². The maximum Gasteiger partial charge on any atom is 0.257 e. The Morgan fingerprint density at radius 2 is 1.77 bits per heavy atom. The number of thiazole rings is 1. The third kappa shape index (κ3) is 5.22. The number of amides is 1. The molecule has 0 spiro atoms. The van der Waals surface area contributed by atoms with Gasteiger partial charge in [0.2, 0.25) is 0 Å². The molecule has 0 aliphatic carbocycles. The Balaban J connectivity index is 1.41. The molecule has 4 aromatic rings. The number of nitrogens with one attached hydrogen (secondary N) is 1. The van der Waals surface area contributed by atoms with E-state index in [2.05, 4.69) is 10.3 Å². The molecule has 1 amide bonds. The van der Waals surface area contributed by atoms with Crippen molar-refractivity contribution in [3.05, 3.63) is 82.9 Å². The first-order chi connectivity index (χ1) is 14.8. The van der Waals surface area contributed by atoms with Crippen molar-refractivity contribution in [2.24, 2.45) is 0 Å². The molecule has 0 fully saturated rings. The zero-order chi connectivity index (χ0) is 22.0. The van der Waals surface area contributed by atoms with Crippen LogP contribution >= 0.6 is 22.9 Å². The van der Waals surface area contributed by atoms with E-state index in [4.69, 9.17) is 16.3 Å². The monoisotopic (exact) mass is 472 g/mol. The molecule has 0 bridgehead atoms. The van der Waals surface area contributed by atoms with Crippen LogP contribution in [0.15, 0.2) is 71.6 Å². The molecule has 0 aliphatic heterocycles. The highest BCUT2D eigenvalue weighted by Gasteiger charge is 2.13. The highest BCUT2D eigenvalue weighted by molar-refractivity contribution is 7.90. The average molecular weight is 473 g/mol. The van der Waals surface area contributed by atoms with Crippen molar-refractivity contribution < 1.29 is 17.9 Å². The number of fused-ring (bicyclic) bond motifs is 1. The van der Waals surface area contributed by atoms with Gasteiger partial charge in [-0.05, 0) is 60.2 Å². The summed E-state index contributed by atoms with van der Waals surface area (Å²) in [5.74, 6) is 0.411. The smallest absolute Gasteiger partial charge is 0.257 e. The van der Waals surface area contributed by atoms with E-state index in [-0.39, 0.29) is 10.8 Å². The number of sulfone groups is 1. The summed E-state index contributed by atoms with van der Waals surface area (Å²) in [5.41, 5.74) is 2.02. The summed E-state index contributed by atoms with van der Waals surface area (Å²) in [4.78, 5) is 17.1. The molecule has 1 N–H and O–H groups in total. The summed E-state index contributed by atoms with van der Waals surface area (Å²) in [5, 5.41) is 3.81. The Morgan fingerprint density at radius 3 is 2.45 bits per heavy atom. The highest BCUT2D eigenvalue weighted by Crippen LogP contribution is 2.28. The van der Waals surface area contributed by atoms with Crippen LogP contribution in [-0.4, -0.2) is 25.6 Å². The molecule has 1 aromatic heterocycles. The standard InChI is InChI=1S/C22H17ClN2O4S2/c1-31(27,28)18-10-11-19-20(12-18)30-22(24-19)25-21(26)15-4-2-14(3-5-15)13-29-17-8-6-16(23)7-9-17/h2-12H,13H2,1H3,(H,24,25,26). The lowest BCUT2D eigenvalue weighted by atomic mass is 10.1. The Bertz CT molecular complexity index is 1350. The van der Waals surface area contributed by atoms with Crippen molar-refractivity contribution in [3.8, 4) is 5.75 Å². The van der Waals surface area contributed by atoms with Gasteiger partial charge in [0.25, 0.3) is 5.91 Å². The molecule has 1 heterocycles. The number of anilines is 1. The van der Waals surface area contributed by atoms with Gasteiger partial charge in [-0.1, -0.05) is 35.1 Å². The molecule has 0 saturated carbocycles. The molecular weight excluding hydrogens is 456 g/mol. The molecule has 0 unspecified atom stereocenters. The van der Waals surface area contributed by atoms with Crippen molar-refractivity contribution in [1.82, 2.24) is 4.98 Å². The van der Waals surface area contributed by atoms with Gasteiger partial charge in [-0.15, -0.1) is 0 Å². The van der Waals surface area contributed by atoms with Crippen LogP contribution in [0, 0.1) is 0 Å². The van der Waals surface area contributed by atoms with E-state index in [9.17, 15) is 13.2 Å². The fourth-order valence-electron chi connectivity index (χ4n) is 2.81. The van der Waals surface area contributed by atoms with Crippen LogP contribution in [0.25, 0.3) is 10.2 Å². The molecule has 4 rings (SSSR count). The molecule has 0 aliphatic rings. The molecule has 3 aromatic carbocycles. The molecule has 31 heavy (non-hydrogen) atoms. The van der Waals surface area contributed by atoms with Crippen molar-refractivity contribution in [2.45, 2.75) is 11.5 Å². The van der Waals surface area contributed by atoms with Crippen molar-refractivity contribution >= 4 is 54.0 Å². The van der Waals surface area contributed by atoms with E-state index < -0.39 is 9.84 Å². The molecule has 0 saturated heterocycles. The van der Waals surface area contributed by atoms with Gasteiger partial charge in [0, 0.05) is 16.8 Å². The molecule has 6 nitrogen and oxygen atoms in total. The minimum Gasteiger partial charge on any atom is -0.489 e. The number of hydrogen-bond donors (Lipinski definition) is 1. The van der Waals surface area contributed by atoms with Crippen LogP contribution in [0.4, 0.5) is 5.13 Å². The second-order valence-corrected chi connectivity index (χ2v) is 10.3. The molecular formula is C22H17ClN2O4S2. The minimum atomic E-state index is -3.30. The van der Waals surface area contributed by atoms with E-state index in [1.165, 1.54) is 17.4 Å². The van der Waals surface area contributed by atoms with E-state index in [0.29, 0.717) is 38.3 Å². The van der Waals surface area contributed by atoms with Gasteiger partial charge in [-0.25, -0.2) is 13.4 Å². The molecule has 9 heteroatoms. The number of aromatic nitrogens is 1. The van der Waals surface area contributed by atoms with Crippen molar-refractivity contribution in [2.75, 3.05) is 11.6 Å².